The van der Waals surface area contributed by atoms with E-state index >= 15 is 0 Å². The molecule has 1 amide bonds. The Balaban J connectivity index is 1.78. The highest BCUT2D eigenvalue weighted by Crippen LogP contribution is 2.29. The van der Waals surface area contributed by atoms with Crippen LogP contribution >= 0.6 is 0 Å². The summed E-state index contributed by atoms with van der Waals surface area (Å²) in [5.74, 6) is -0.716. The van der Waals surface area contributed by atoms with E-state index in [-0.39, 0.29) is 18.1 Å². The van der Waals surface area contributed by atoms with Crippen molar-refractivity contribution in [3.63, 3.8) is 0 Å². The number of nitro groups is 1. The molecule has 0 aliphatic heterocycles. The first-order valence-corrected chi connectivity index (χ1v) is 7.85. The lowest BCUT2D eigenvalue weighted by Crippen LogP contribution is -2.15. The van der Waals surface area contributed by atoms with Gasteiger partial charge >= 0.3 is 11.9 Å². The van der Waals surface area contributed by atoms with Crippen LogP contribution in [0.5, 0.6) is 0 Å². The van der Waals surface area contributed by atoms with Gasteiger partial charge in [-0.3, -0.25) is 24.7 Å². The van der Waals surface area contributed by atoms with Crippen LogP contribution in [0.25, 0.3) is 0 Å². The Morgan fingerprint density at radius 2 is 2.11 bits per heavy atom. The predicted molar refractivity (Wildman–Crippen MR) is 90.7 cm³/mol. The highest BCUT2D eigenvalue weighted by Gasteiger charge is 2.30. The molecule has 0 spiro atoms. The molecule has 0 aliphatic carbocycles. The standard InChI is InChI=1S/C16H13F3N6O3/c1-9-5-13(21-15(26)14-12(25(27)28)7-20-22-14)23-24(9)8-10-3-2-4-11(6-10)16(17,18)19/h2-7H,8H2,1H3,(H,20,22)(H,21,23,26). The molecule has 3 rings (SSSR count). The number of nitrogens with one attached hydrogen (secondary N) is 2. The van der Waals surface area contributed by atoms with E-state index in [0.717, 1.165) is 18.3 Å². The van der Waals surface area contributed by atoms with Gasteiger partial charge in [-0.1, -0.05) is 12.1 Å². The van der Waals surface area contributed by atoms with Crippen molar-refractivity contribution in [3.05, 3.63) is 69.2 Å². The van der Waals surface area contributed by atoms with Crippen molar-refractivity contribution >= 4 is 17.4 Å². The number of aryl methyl sites for hydroxylation is 1. The topological polar surface area (TPSA) is 119 Å². The van der Waals surface area contributed by atoms with Crippen LogP contribution in [0.4, 0.5) is 24.7 Å². The van der Waals surface area contributed by atoms with E-state index in [1.807, 2.05) is 0 Å². The van der Waals surface area contributed by atoms with Crippen molar-refractivity contribution in [2.75, 3.05) is 5.32 Å². The summed E-state index contributed by atoms with van der Waals surface area (Å²) in [7, 11) is 0. The van der Waals surface area contributed by atoms with Gasteiger partial charge in [-0.05, 0) is 24.6 Å². The van der Waals surface area contributed by atoms with Crippen LogP contribution in [0.15, 0.2) is 36.5 Å². The monoisotopic (exact) mass is 394 g/mol. The fourth-order valence-corrected chi connectivity index (χ4v) is 2.51. The van der Waals surface area contributed by atoms with E-state index in [4.69, 9.17) is 0 Å². The average Bonchev–Trinajstić information content (AvgIpc) is 3.22. The molecular formula is C16H13F3N6O3. The third-order valence-corrected chi connectivity index (χ3v) is 3.85. The number of carbonyl (C=O) groups is 1. The molecule has 0 fully saturated rings. The number of halogens is 3. The number of rotatable bonds is 5. The third-order valence-electron chi connectivity index (χ3n) is 3.85. The number of alkyl halides is 3. The summed E-state index contributed by atoms with van der Waals surface area (Å²) in [5, 5.41) is 23.1. The first-order valence-electron chi connectivity index (χ1n) is 7.85. The molecule has 2 aromatic heterocycles. The van der Waals surface area contributed by atoms with E-state index < -0.39 is 28.3 Å². The maximum absolute atomic E-state index is 12.8. The van der Waals surface area contributed by atoms with Crippen LogP contribution in [-0.4, -0.2) is 30.8 Å². The molecule has 146 valence electrons. The van der Waals surface area contributed by atoms with Gasteiger partial charge in [0.05, 0.1) is 17.0 Å². The Labute approximate surface area is 155 Å². The van der Waals surface area contributed by atoms with Crippen LogP contribution in [-0.2, 0) is 12.7 Å². The van der Waals surface area contributed by atoms with E-state index in [2.05, 4.69) is 20.6 Å². The average molecular weight is 394 g/mol. The second-order valence-electron chi connectivity index (χ2n) is 5.87. The second kappa shape index (κ2) is 7.13. The normalized spacial score (nSPS) is 11.4. The number of aromatic amines is 1. The fourth-order valence-electron chi connectivity index (χ4n) is 2.51. The summed E-state index contributed by atoms with van der Waals surface area (Å²) < 4.78 is 39.9. The molecule has 2 N–H and O–H groups in total. The van der Waals surface area contributed by atoms with Crippen molar-refractivity contribution in [1.82, 2.24) is 20.0 Å². The lowest BCUT2D eigenvalue weighted by Gasteiger charge is -2.09. The SMILES string of the molecule is Cc1cc(NC(=O)c2[nH]ncc2[N+](=O)[O-])nn1Cc1cccc(C(F)(F)F)c1. The number of benzene rings is 1. The number of hydrogen-bond donors (Lipinski definition) is 2. The molecule has 0 aliphatic rings. The maximum atomic E-state index is 12.8. The summed E-state index contributed by atoms with van der Waals surface area (Å²) >= 11 is 0. The number of amides is 1. The lowest BCUT2D eigenvalue weighted by molar-refractivity contribution is -0.385. The molecule has 3 aromatic rings. The zero-order valence-electron chi connectivity index (χ0n) is 14.3. The Morgan fingerprint density at radius 3 is 2.79 bits per heavy atom. The van der Waals surface area contributed by atoms with Gasteiger partial charge in [-0.25, -0.2) is 0 Å². The minimum atomic E-state index is -4.45. The molecule has 9 nitrogen and oxygen atoms in total. The van der Waals surface area contributed by atoms with Crippen molar-refractivity contribution in [3.8, 4) is 0 Å². The van der Waals surface area contributed by atoms with Gasteiger partial charge in [0.15, 0.2) is 5.82 Å². The summed E-state index contributed by atoms with van der Waals surface area (Å²) in [6, 6.07) is 6.32. The molecule has 28 heavy (non-hydrogen) atoms. The van der Waals surface area contributed by atoms with Crippen molar-refractivity contribution in [2.45, 2.75) is 19.6 Å². The molecule has 0 bridgehead atoms. The number of hydrogen-bond acceptors (Lipinski definition) is 5. The lowest BCUT2D eigenvalue weighted by atomic mass is 10.1. The molecule has 0 unspecified atom stereocenters. The van der Waals surface area contributed by atoms with E-state index in [1.165, 1.54) is 22.9 Å². The molecule has 0 saturated carbocycles. The minimum absolute atomic E-state index is 0.0514. The molecular weight excluding hydrogens is 381 g/mol. The summed E-state index contributed by atoms with van der Waals surface area (Å²) in [5.41, 5.74) is -0.641. The van der Waals surface area contributed by atoms with Crippen LogP contribution in [0, 0.1) is 17.0 Å². The van der Waals surface area contributed by atoms with Gasteiger partial charge < -0.3 is 5.32 Å². The Kier molecular flexibility index (Phi) is 4.86. The number of carbonyl (C=O) groups excluding carboxylic acids is 1. The molecule has 1 aromatic carbocycles. The van der Waals surface area contributed by atoms with Gasteiger partial charge in [0, 0.05) is 11.8 Å². The summed E-state index contributed by atoms with van der Waals surface area (Å²) in [4.78, 5) is 22.3. The van der Waals surface area contributed by atoms with Crippen molar-refractivity contribution in [1.29, 1.82) is 0 Å². The second-order valence-corrected chi connectivity index (χ2v) is 5.87. The van der Waals surface area contributed by atoms with Gasteiger partial charge in [-0.2, -0.15) is 23.4 Å². The highest BCUT2D eigenvalue weighted by atomic mass is 19.4. The quantitative estimate of drug-likeness (QED) is 0.509. The predicted octanol–water partition coefficient (Wildman–Crippen LogP) is 3.14. The number of H-pyrrole nitrogens is 1. The van der Waals surface area contributed by atoms with Gasteiger partial charge in [-0.15, -0.1) is 0 Å². The van der Waals surface area contributed by atoms with Gasteiger partial charge in [0.25, 0.3) is 5.91 Å². The van der Waals surface area contributed by atoms with Crippen LogP contribution < -0.4 is 5.32 Å². The maximum Gasteiger partial charge on any atom is 0.416 e. The zero-order chi connectivity index (χ0) is 20.5. The smallest absolute Gasteiger partial charge is 0.304 e. The molecule has 0 radical (unpaired) electrons. The molecule has 2 heterocycles. The molecule has 0 saturated heterocycles. The van der Waals surface area contributed by atoms with E-state index in [1.54, 1.807) is 6.92 Å². The van der Waals surface area contributed by atoms with E-state index in [9.17, 15) is 28.1 Å². The minimum Gasteiger partial charge on any atom is -0.304 e. The zero-order valence-corrected chi connectivity index (χ0v) is 14.3. The van der Waals surface area contributed by atoms with Gasteiger partial charge in [0.1, 0.15) is 6.20 Å². The molecule has 12 heteroatoms. The first kappa shape index (κ1) is 19.1. The summed E-state index contributed by atoms with van der Waals surface area (Å²) in [6.07, 6.45) is -3.54. The van der Waals surface area contributed by atoms with Crippen molar-refractivity contribution < 1.29 is 22.9 Å². The largest absolute Gasteiger partial charge is 0.416 e. The van der Waals surface area contributed by atoms with E-state index in [0.29, 0.717) is 11.3 Å². The Bertz CT molecular complexity index is 1040. The van der Waals surface area contributed by atoms with Crippen molar-refractivity contribution in [2.24, 2.45) is 0 Å². The first-order chi connectivity index (χ1) is 13.1. The Hall–Kier alpha value is -3.70. The number of anilines is 1. The number of aromatic nitrogens is 4. The van der Waals surface area contributed by atoms with Crippen LogP contribution in [0.1, 0.15) is 27.3 Å². The summed E-state index contributed by atoms with van der Waals surface area (Å²) in [6.45, 7) is 1.71. The van der Waals surface area contributed by atoms with Crippen LogP contribution in [0.3, 0.4) is 0 Å². The van der Waals surface area contributed by atoms with Crippen LogP contribution in [0.2, 0.25) is 0 Å². The third kappa shape index (κ3) is 4.00. The highest BCUT2D eigenvalue weighted by molar-refractivity contribution is 6.05. The van der Waals surface area contributed by atoms with Gasteiger partial charge in [0.2, 0.25) is 5.69 Å². The Morgan fingerprint density at radius 1 is 1.36 bits per heavy atom. The fraction of sp³-hybridized carbons (Fsp3) is 0.188. The number of nitrogens with zero attached hydrogens (tertiary/aromatic N) is 4. The molecule has 0 atom stereocenters.